The summed E-state index contributed by atoms with van der Waals surface area (Å²) in [5, 5.41) is 11.3. The van der Waals surface area contributed by atoms with E-state index in [-0.39, 0.29) is 10.9 Å². The first-order chi connectivity index (χ1) is 9.29. The minimum absolute atomic E-state index is 0.0282. The van der Waals surface area contributed by atoms with Gasteiger partial charge in [0.2, 0.25) is 5.91 Å². The lowest BCUT2D eigenvalue weighted by Crippen LogP contribution is -2.31. The van der Waals surface area contributed by atoms with Crippen LogP contribution in [0.2, 0.25) is 0 Å². The van der Waals surface area contributed by atoms with Gasteiger partial charge in [0.25, 0.3) is 0 Å². The maximum absolute atomic E-state index is 13.2. The highest BCUT2D eigenvalue weighted by Gasteiger charge is 2.27. The van der Waals surface area contributed by atoms with E-state index in [4.69, 9.17) is 5.11 Å². The first-order valence-electron chi connectivity index (χ1n) is 5.84. The van der Waals surface area contributed by atoms with Crippen LogP contribution in [0, 0.1) is 5.82 Å². The Bertz CT molecular complexity index is 666. The molecule has 0 spiro atoms. The average molecular weight is 301 g/mol. The number of hydrogen-bond acceptors (Lipinski definition) is 4. The van der Waals surface area contributed by atoms with Gasteiger partial charge in [-0.15, -0.1) is 0 Å². The van der Waals surface area contributed by atoms with Crippen molar-refractivity contribution in [1.29, 1.82) is 0 Å². The van der Waals surface area contributed by atoms with Crippen molar-refractivity contribution in [2.24, 2.45) is 0 Å². The maximum atomic E-state index is 13.2. The summed E-state index contributed by atoms with van der Waals surface area (Å²) >= 11 is 0. The van der Waals surface area contributed by atoms with Crippen LogP contribution in [0.1, 0.15) is 23.2 Å². The number of carboxylic acids is 1. The zero-order valence-corrected chi connectivity index (χ0v) is 11.1. The van der Waals surface area contributed by atoms with Gasteiger partial charge >= 0.3 is 5.97 Å². The van der Waals surface area contributed by atoms with E-state index in [1.54, 1.807) is 0 Å². The summed E-state index contributed by atoms with van der Waals surface area (Å²) in [4.78, 5) is 21.9. The molecule has 0 aliphatic heterocycles. The number of carbonyl (C=O) groups excluding carboxylic acids is 1. The fourth-order valence-corrected chi connectivity index (χ4v) is 2.78. The number of carbonyl (C=O) groups is 2. The number of rotatable bonds is 5. The zero-order valence-electron chi connectivity index (χ0n) is 10.3. The van der Waals surface area contributed by atoms with Crippen molar-refractivity contribution in [2.75, 3.05) is 5.75 Å². The Morgan fingerprint density at radius 2 is 2.00 bits per heavy atom. The molecule has 20 heavy (non-hydrogen) atoms. The van der Waals surface area contributed by atoms with E-state index in [0.717, 1.165) is 31.0 Å². The van der Waals surface area contributed by atoms with Crippen molar-refractivity contribution in [3.05, 3.63) is 29.6 Å². The first-order valence-corrected chi connectivity index (χ1v) is 7.50. The third-order valence-electron chi connectivity index (χ3n) is 2.79. The second kappa shape index (κ2) is 5.20. The van der Waals surface area contributed by atoms with Crippen molar-refractivity contribution >= 4 is 21.7 Å². The van der Waals surface area contributed by atoms with Crippen LogP contribution < -0.4 is 5.32 Å². The Kier molecular flexibility index (Phi) is 3.76. The van der Waals surface area contributed by atoms with E-state index >= 15 is 0 Å². The molecule has 0 aromatic heterocycles. The van der Waals surface area contributed by atoms with Gasteiger partial charge < -0.3 is 10.4 Å². The predicted molar refractivity (Wildman–Crippen MR) is 66.6 cm³/mol. The highest BCUT2D eigenvalue weighted by atomic mass is 32.2. The number of aromatic carboxylic acids is 1. The van der Waals surface area contributed by atoms with Crippen LogP contribution in [-0.4, -0.2) is 37.2 Å². The van der Waals surface area contributed by atoms with E-state index < -0.39 is 38.8 Å². The highest BCUT2D eigenvalue weighted by molar-refractivity contribution is 7.92. The van der Waals surface area contributed by atoms with E-state index in [9.17, 15) is 22.4 Å². The van der Waals surface area contributed by atoms with Gasteiger partial charge in [-0.05, 0) is 31.0 Å². The third-order valence-corrected chi connectivity index (χ3v) is 4.41. The molecule has 1 aromatic rings. The van der Waals surface area contributed by atoms with Gasteiger partial charge in [-0.3, -0.25) is 4.79 Å². The molecule has 1 aliphatic rings. The minimum Gasteiger partial charge on any atom is -0.478 e. The Labute approximate surface area is 114 Å². The molecule has 1 aliphatic carbocycles. The summed E-state index contributed by atoms with van der Waals surface area (Å²) in [6.07, 6.45) is 1.65. The van der Waals surface area contributed by atoms with Gasteiger partial charge in [0.15, 0.2) is 9.84 Å². The molecule has 0 saturated heterocycles. The van der Waals surface area contributed by atoms with E-state index in [1.165, 1.54) is 0 Å². The number of halogens is 1. The summed E-state index contributed by atoms with van der Waals surface area (Å²) in [7, 11) is -3.99. The summed E-state index contributed by atoms with van der Waals surface area (Å²) < 4.78 is 37.1. The molecule has 2 rings (SSSR count). The van der Waals surface area contributed by atoms with Crippen molar-refractivity contribution in [3.63, 3.8) is 0 Å². The van der Waals surface area contributed by atoms with Gasteiger partial charge in [-0.2, -0.15) is 0 Å². The molecule has 0 heterocycles. The highest BCUT2D eigenvalue weighted by Crippen LogP contribution is 2.20. The number of carboxylic acid groups (broad SMARTS) is 1. The molecule has 1 aromatic carbocycles. The summed E-state index contributed by atoms with van der Waals surface area (Å²) in [5.74, 6) is -4.02. The molecule has 0 radical (unpaired) electrons. The molecule has 8 heteroatoms. The zero-order chi connectivity index (χ0) is 14.9. The fourth-order valence-electron chi connectivity index (χ4n) is 1.61. The van der Waals surface area contributed by atoms with Crippen LogP contribution in [0.15, 0.2) is 23.1 Å². The van der Waals surface area contributed by atoms with Crippen LogP contribution >= 0.6 is 0 Å². The van der Waals surface area contributed by atoms with Gasteiger partial charge in [0, 0.05) is 6.04 Å². The summed E-state index contributed by atoms with van der Waals surface area (Å²) in [5.41, 5.74) is -0.742. The molecule has 2 N–H and O–H groups in total. The quantitative estimate of drug-likeness (QED) is 0.775. The lowest BCUT2D eigenvalue weighted by atomic mass is 10.2. The van der Waals surface area contributed by atoms with Crippen LogP contribution in [0.25, 0.3) is 0 Å². The van der Waals surface area contributed by atoms with E-state index in [0.29, 0.717) is 0 Å². The molecular weight excluding hydrogens is 289 g/mol. The van der Waals surface area contributed by atoms with Crippen molar-refractivity contribution in [2.45, 2.75) is 23.8 Å². The Balaban J connectivity index is 2.22. The van der Waals surface area contributed by atoms with Gasteiger partial charge in [-0.25, -0.2) is 17.6 Å². The normalized spacial score (nSPS) is 14.8. The fraction of sp³-hybridized carbons (Fsp3) is 0.333. The molecule has 1 saturated carbocycles. The SMILES string of the molecule is O=C(CS(=O)(=O)c1ccc(F)c(C(=O)O)c1)NC1CC1. The minimum atomic E-state index is -3.99. The smallest absolute Gasteiger partial charge is 0.338 e. The molecule has 0 unspecified atom stereocenters. The number of amides is 1. The molecule has 1 fully saturated rings. The molecule has 6 nitrogen and oxygen atoms in total. The second-order valence-corrected chi connectivity index (χ2v) is 6.54. The Morgan fingerprint density at radius 3 is 2.55 bits per heavy atom. The number of hydrogen-bond donors (Lipinski definition) is 2. The molecule has 0 bridgehead atoms. The van der Waals surface area contributed by atoms with Gasteiger partial charge in [0.1, 0.15) is 11.6 Å². The molecule has 1 amide bonds. The Morgan fingerprint density at radius 1 is 1.35 bits per heavy atom. The molecule has 0 atom stereocenters. The maximum Gasteiger partial charge on any atom is 0.338 e. The van der Waals surface area contributed by atoms with Crippen LogP contribution in [-0.2, 0) is 14.6 Å². The lowest BCUT2D eigenvalue weighted by Gasteiger charge is -2.06. The van der Waals surface area contributed by atoms with Crippen molar-refractivity contribution < 1.29 is 27.5 Å². The van der Waals surface area contributed by atoms with Crippen molar-refractivity contribution in [3.8, 4) is 0 Å². The largest absolute Gasteiger partial charge is 0.478 e. The third kappa shape index (κ3) is 3.32. The second-order valence-electron chi connectivity index (χ2n) is 4.55. The molecule has 108 valence electrons. The van der Waals surface area contributed by atoms with E-state index in [2.05, 4.69) is 5.32 Å². The first kappa shape index (κ1) is 14.4. The van der Waals surface area contributed by atoms with Gasteiger partial charge in [-0.1, -0.05) is 0 Å². The standard InChI is InChI=1S/C12H12FNO5S/c13-10-4-3-8(5-9(10)12(16)17)20(18,19)6-11(15)14-7-1-2-7/h3-5,7H,1-2,6H2,(H,14,15)(H,16,17). The van der Waals surface area contributed by atoms with Crippen LogP contribution in [0.4, 0.5) is 4.39 Å². The number of nitrogens with one attached hydrogen (secondary N) is 1. The van der Waals surface area contributed by atoms with Crippen LogP contribution in [0.5, 0.6) is 0 Å². The summed E-state index contributed by atoms with van der Waals surface area (Å²) in [6, 6.07) is 2.45. The van der Waals surface area contributed by atoms with Gasteiger partial charge in [0.05, 0.1) is 10.5 Å². The van der Waals surface area contributed by atoms with Crippen LogP contribution in [0.3, 0.4) is 0 Å². The number of benzene rings is 1. The summed E-state index contributed by atoms with van der Waals surface area (Å²) in [6.45, 7) is 0. The lowest BCUT2D eigenvalue weighted by molar-refractivity contribution is -0.118. The van der Waals surface area contributed by atoms with Crippen molar-refractivity contribution in [1.82, 2.24) is 5.32 Å². The number of sulfone groups is 1. The topological polar surface area (TPSA) is 101 Å². The van der Waals surface area contributed by atoms with E-state index in [1.807, 2.05) is 0 Å². The molecular formula is C12H12FNO5S. The Hall–Kier alpha value is -1.96. The average Bonchev–Trinajstić information content (AvgIpc) is 3.11. The predicted octanol–water partition coefficient (Wildman–Crippen LogP) is 0.576. The monoisotopic (exact) mass is 301 g/mol.